The van der Waals surface area contributed by atoms with Crippen molar-refractivity contribution >= 4 is 22.7 Å². The molecule has 4 N–H and O–H groups in total. The molecule has 0 radical (unpaired) electrons. The summed E-state index contributed by atoms with van der Waals surface area (Å²) in [5, 5.41) is 26.6. The van der Waals surface area contributed by atoms with Crippen molar-refractivity contribution in [3.63, 3.8) is 0 Å². The molecule has 0 spiro atoms. The summed E-state index contributed by atoms with van der Waals surface area (Å²) in [4.78, 5) is 24.5. The van der Waals surface area contributed by atoms with Gasteiger partial charge < -0.3 is 25.4 Å². The number of nitrogens with zero attached hydrogens (tertiary/aromatic N) is 1. The van der Waals surface area contributed by atoms with Crippen molar-refractivity contribution in [3.8, 4) is 0 Å². The molecular formula is C17H19N3O4. The fraction of sp³-hybridized carbons (Fsp3) is 0.412. The number of hydrogen-bond acceptors (Lipinski definition) is 4. The lowest BCUT2D eigenvalue weighted by Crippen LogP contribution is -2.64. The molecule has 1 aliphatic heterocycles. The van der Waals surface area contributed by atoms with Gasteiger partial charge in [0.15, 0.2) is 17.2 Å². The van der Waals surface area contributed by atoms with E-state index >= 15 is 0 Å². The highest BCUT2D eigenvalue weighted by Crippen LogP contribution is 2.41. The first-order chi connectivity index (χ1) is 11.3. The van der Waals surface area contributed by atoms with Gasteiger partial charge in [-0.3, -0.25) is 4.79 Å². The summed E-state index contributed by atoms with van der Waals surface area (Å²) in [7, 11) is 1.88. The van der Waals surface area contributed by atoms with Crippen molar-refractivity contribution in [1.82, 2.24) is 15.2 Å². The van der Waals surface area contributed by atoms with Gasteiger partial charge in [0.1, 0.15) is 0 Å². The van der Waals surface area contributed by atoms with Crippen LogP contribution in [0.2, 0.25) is 0 Å². The standard InChI is InChI=1S/C17H19N3O4/c1-20-9-12(11-4-2-3-5-13(11)20)14(21)10-6-7-16(23)17(24,8-10)19-15(22)18-16/h2-5,9-10,23-24H,6-8H2,1H3,(H2,18,19,22)/t10-,16-,17+/m1/s1. The van der Waals surface area contributed by atoms with E-state index in [1.165, 1.54) is 0 Å². The minimum Gasteiger partial charge on any atom is -0.367 e. The number of carbonyl (C=O) groups is 2. The van der Waals surface area contributed by atoms with Gasteiger partial charge >= 0.3 is 6.03 Å². The van der Waals surface area contributed by atoms with E-state index in [9.17, 15) is 19.8 Å². The van der Waals surface area contributed by atoms with Gasteiger partial charge in [0.25, 0.3) is 0 Å². The second kappa shape index (κ2) is 4.81. The highest BCUT2D eigenvalue weighted by molar-refractivity contribution is 6.09. The normalized spacial score (nSPS) is 32.3. The average molecular weight is 329 g/mol. The highest BCUT2D eigenvalue weighted by Gasteiger charge is 2.60. The van der Waals surface area contributed by atoms with E-state index < -0.39 is 23.4 Å². The van der Waals surface area contributed by atoms with E-state index in [1.807, 2.05) is 35.9 Å². The van der Waals surface area contributed by atoms with Gasteiger partial charge in [-0.1, -0.05) is 18.2 Å². The van der Waals surface area contributed by atoms with E-state index in [0.29, 0.717) is 12.0 Å². The third kappa shape index (κ3) is 1.98. The SMILES string of the molecule is Cn1cc(C(=O)[C@@H]2CC[C@]3(O)NC(=O)N[C@]3(O)C2)c2ccccc21. The van der Waals surface area contributed by atoms with Gasteiger partial charge in [-0.05, 0) is 12.5 Å². The maximum atomic E-state index is 13.0. The van der Waals surface area contributed by atoms with E-state index in [-0.39, 0.29) is 18.6 Å². The zero-order chi connectivity index (χ0) is 17.1. The Morgan fingerprint density at radius 1 is 1.25 bits per heavy atom. The molecule has 2 amide bonds. The number of fused-ring (bicyclic) bond motifs is 2. The van der Waals surface area contributed by atoms with Crippen molar-refractivity contribution < 1.29 is 19.8 Å². The van der Waals surface area contributed by atoms with Gasteiger partial charge in [-0.2, -0.15) is 0 Å². The van der Waals surface area contributed by atoms with Crippen LogP contribution in [0, 0.1) is 5.92 Å². The van der Waals surface area contributed by atoms with E-state index in [2.05, 4.69) is 10.6 Å². The molecule has 0 unspecified atom stereocenters. The second-order valence-electron chi connectivity index (χ2n) is 6.77. The smallest absolute Gasteiger partial charge is 0.319 e. The van der Waals surface area contributed by atoms with E-state index in [0.717, 1.165) is 10.9 Å². The van der Waals surface area contributed by atoms with Gasteiger partial charge in [-0.15, -0.1) is 0 Å². The molecule has 1 saturated carbocycles. The first-order valence-electron chi connectivity index (χ1n) is 7.96. The van der Waals surface area contributed by atoms with Gasteiger partial charge in [0.2, 0.25) is 0 Å². The van der Waals surface area contributed by atoms with E-state index in [4.69, 9.17) is 0 Å². The van der Waals surface area contributed by atoms with Gasteiger partial charge in [-0.25, -0.2) is 4.79 Å². The Morgan fingerprint density at radius 3 is 2.75 bits per heavy atom. The number of Topliss-reactive ketones (excluding diaryl/α,β-unsaturated/α-hetero) is 1. The zero-order valence-corrected chi connectivity index (χ0v) is 13.2. The van der Waals surface area contributed by atoms with Gasteiger partial charge in [0.05, 0.1) is 0 Å². The number of ketones is 1. The van der Waals surface area contributed by atoms with Crippen LogP contribution in [0.4, 0.5) is 4.79 Å². The van der Waals surface area contributed by atoms with Crippen LogP contribution in [0.15, 0.2) is 30.5 Å². The van der Waals surface area contributed by atoms with Gasteiger partial charge in [0, 0.05) is 48.5 Å². The summed E-state index contributed by atoms with van der Waals surface area (Å²) in [6.45, 7) is 0. The molecule has 0 bridgehead atoms. The van der Waals surface area contributed by atoms with Crippen LogP contribution < -0.4 is 10.6 Å². The molecule has 24 heavy (non-hydrogen) atoms. The molecule has 2 aliphatic rings. The second-order valence-corrected chi connectivity index (χ2v) is 6.77. The number of hydrogen-bond donors (Lipinski definition) is 4. The molecule has 7 nitrogen and oxygen atoms in total. The predicted molar refractivity (Wildman–Crippen MR) is 86.2 cm³/mol. The number of aliphatic hydroxyl groups is 2. The van der Waals surface area contributed by atoms with Crippen molar-refractivity contribution in [2.24, 2.45) is 13.0 Å². The Bertz CT molecular complexity index is 861. The summed E-state index contributed by atoms with van der Waals surface area (Å²) in [6.07, 6.45) is 2.28. The zero-order valence-electron chi connectivity index (χ0n) is 13.2. The maximum absolute atomic E-state index is 13.0. The molecule has 126 valence electrons. The number of rotatable bonds is 2. The van der Waals surface area contributed by atoms with Crippen LogP contribution in [-0.2, 0) is 7.05 Å². The van der Waals surface area contributed by atoms with Crippen molar-refractivity contribution in [3.05, 3.63) is 36.0 Å². The maximum Gasteiger partial charge on any atom is 0.319 e. The number of carbonyl (C=O) groups excluding carboxylic acids is 2. The van der Waals surface area contributed by atoms with Crippen LogP contribution in [0.1, 0.15) is 29.6 Å². The minimum absolute atomic E-state index is 0.0235. The molecule has 1 saturated heterocycles. The molecule has 1 aromatic heterocycles. The fourth-order valence-corrected chi connectivity index (χ4v) is 3.93. The van der Waals surface area contributed by atoms with Crippen molar-refractivity contribution in [2.45, 2.75) is 30.7 Å². The number of para-hydroxylation sites is 1. The highest BCUT2D eigenvalue weighted by atomic mass is 16.4. The molecule has 1 aliphatic carbocycles. The number of amides is 2. The molecule has 4 rings (SSSR count). The number of aryl methyl sites for hydroxylation is 1. The molecular weight excluding hydrogens is 310 g/mol. The Balaban J connectivity index is 1.67. The Kier molecular flexibility index (Phi) is 3.04. The molecule has 1 aromatic carbocycles. The lowest BCUT2D eigenvalue weighted by Gasteiger charge is -2.42. The Morgan fingerprint density at radius 2 is 1.96 bits per heavy atom. The lowest BCUT2D eigenvalue weighted by atomic mass is 9.75. The fourth-order valence-electron chi connectivity index (χ4n) is 3.93. The topological polar surface area (TPSA) is 104 Å². The average Bonchev–Trinajstić information content (AvgIpc) is 2.99. The molecule has 2 aromatic rings. The quantitative estimate of drug-likeness (QED) is 0.613. The van der Waals surface area contributed by atoms with Crippen LogP contribution in [0.25, 0.3) is 10.9 Å². The molecule has 2 fully saturated rings. The third-order valence-corrected chi connectivity index (χ3v) is 5.25. The number of benzene rings is 1. The first kappa shape index (κ1) is 15.2. The summed E-state index contributed by atoms with van der Waals surface area (Å²) >= 11 is 0. The Hall–Kier alpha value is -2.38. The molecule has 7 heteroatoms. The predicted octanol–water partition coefficient (Wildman–Crippen LogP) is 0.851. The molecule has 2 heterocycles. The van der Waals surface area contributed by atoms with Crippen molar-refractivity contribution in [2.75, 3.05) is 0 Å². The minimum atomic E-state index is -1.83. The van der Waals surface area contributed by atoms with Crippen LogP contribution in [0.3, 0.4) is 0 Å². The summed E-state index contributed by atoms with van der Waals surface area (Å²) < 4.78 is 1.90. The largest absolute Gasteiger partial charge is 0.367 e. The van der Waals surface area contributed by atoms with Crippen LogP contribution in [0.5, 0.6) is 0 Å². The summed E-state index contributed by atoms with van der Waals surface area (Å²) in [5.41, 5.74) is -1.99. The monoisotopic (exact) mass is 329 g/mol. The molecule has 3 atom stereocenters. The van der Waals surface area contributed by atoms with E-state index in [1.54, 1.807) is 6.20 Å². The number of nitrogens with one attached hydrogen (secondary N) is 2. The van der Waals surface area contributed by atoms with Crippen LogP contribution in [-0.4, -0.2) is 38.0 Å². The number of urea groups is 1. The lowest BCUT2D eigenvalue weighted by molar-refractivity contribution is -0.181. The van der Waals surface area contributed by atoms with Crippen LogP contribution >= 0.6 is 0 Å². The summed E-state index contributed by atoms with van der Waals surface area (Å²) in [5.74, 6) is -0.551. The third-order valence-electron chi connectivity index (χ3n) is 5.25. The summed E-state index contributed by atoms with van der Waals surface area (Å²) in [6, 6.07) is 7.02. The van der Waals surface area contributed by atoms with Crippen molar-refractivity contribution in [1.29, 1.82) is 0 Å². The number of aromatic nitrogens is 1. The Labute approximate surface area is 138 Å². The first-order valence-corrected chi connectivity index (χ1v) is 7.96.